The van der Waals surface area contributed by atoms with Crippen molar-refractivity contribution in [3.05, 3.63) is 93.3 Å². The SMILES string of the molecule is Cc1c(CN2CCN(c3ccccc3Cl)CC2)cc(C(=O)N2CC(c3ccc4c(c3)C=CC4)NC[C@@H]2C)n1C. The zero-order valence-corrected chi connectivity index (χ0v) is 23.9. The number of amides is 1. The number of rotatable bonds is 5. The number of hydrogen-bond acceptors (Lipinski definition) is 4. The lowest BCUT2D eigenvalue weighted by atomic mass is 9.98. The molecule has 0 saturated carbocycles. The van der Waals surface area contributed by atoms with E-state index in [0.717, 1.165) is 67.8 Å². The van der Waals surface area contributed by atoms with Gasteiger partial charge in [0.1, 0.15) is 5.69 Å². The normalized spacial score (nSPS) is 21.4. The van der Waals surface area contributed by atoms with Crippen LogP contribution < -0.4 is 10.2 Å². The molecule has 1 unspecified atom stereocenters. The van der Waals surface area contributed by atoms with E-state index < -0.39 is 0 Å². The first kappa shape index (κ1) is 26.2. The smallest absolute Gasteiger partial charge is 0.270 e. The second-order valence-electron chi connectivity index (χ2n) is 11.2. The Kier molecular flexibility index (Phi) is 7.27. The minimum absolute atomic E-state index is 0.121. The molecule has 1 N–H and O–H groups in total. The topological polar surface area (TPSA) is 43.8 Å². The molecule has 1 amide bonds. The highest BCUT2D eigenvalue weighted by atomic mass is 35.5. The molecule has 39 heavy (non-hydrogen) atoms. The van der Waals surface area contributed by atoms with E-state index in [9.17, 15) is 4.79 Å². The molecule has 2 aromatic carbocycles. The first-order valence-corrected chi connectivity index (χ1v) is 14.5. The van der Waals surface area contributed by atoms with Gasteiger partial charge in [0.25, 0.3) is 5.91 Å². The molecule has 1 aliphatic carbocycles. The Balaban J connectivity index is 1.13. The number of allylic oxidation sites excluding steroid dienone is 1. The van der Waals surface area contributed by atoms with Crippen molar-refractivity contribution in [1.82, 2.24) is 19.7 Å². The van der Waals surface area contributed by atoms with E-state index in [-0.39, 0.29) is 18.0 Å². The van der Waals surface area contributed by atoms with Crippen LogP contribution in [0.15, 0.2) is 54.6 Å². The Bertz CT molecular complexity index is 1400. The summed E-state index contributed by atoms with van der Waals surface area (Å²) in [6.45, 7) is 10.4. The molecule has 0 bridgehead atoms. The van der Waals surface area contributed by atoms with Crippen LogP contribution in [-0.4, -0.2) is 65.6 Å². The van der Waals surface area contributed by atoms with Gasteiger partial charge in [-0.3, -0.25) is 9.69 Å². The van der Waals surface area contributed by atoms with Crippen LogP contribution in [0.2, 0.25) is 5.02 Å². The van der Waals surface area contributed by atoms with Crippen molar-refractivity contribution in [2.24, 2.45) is 7.05 Å². The maximum atomic E-state index is 13.9. The van der Waals surface area contributed by atoms with Gasteiger partial charge in [-0.2, -0.15) is 0 Å². The number of anilines is 1. The number of halogens is 1. The van der Waals surface area contributed by atoms with Crippen molar-refractivity contribution >= 4 is 29.3 Å². The van der Waals surface area contributed by atoms with Gasteiger partial charge in [-0.1, -0.05) is 48.0 Å². The van der Waals surface area contributed by atoms with Gasteiger partial charge in [-0.15, -0.1) is 0 Å². The molecule has 1 aromatic heterocycles. The zero-order chi connectivity index (χ0) is 27.1. The van der Waals surface area contributed by atoms with E-state index in [4.69, 9.17) is 11.6 Å². The summed E-state index contributed by atoms with van der Waals surface area (Å²) in [4.78, 5) is 20.8. The Morgan fingerprint density at radius 3 is 2.67 bits per heavy atom. The number of benzene rings is 2. The highest BCUT2D eigenvalue weighted by molar-refractivity contribution is 6.33. The largest absolute Gasteiger partial charge is 0.368 e. The molecule has 6 nitrogen and oxygen atoms in total. The molecule has 0 spiro atoms. The minimum atomic E-state index is 0.121. The van der Waals surface area contributed by atoms with Gasteiger partial charge in [0.2, 0.25) is 0 Å². The third kappa shape index (κ3) is 5.13. The molecule has 2 fully saturated rings. The second-order valence-corrected chi connectivity index (χ2v) is 11.7. The van der Waals surface area contributed by atoms with E-state index in [2.05, 4.69) is 80.9 Å². The van der Waals surface area contributed by atoms with Gasteiger partial charge in [0, 0.05) is 70.6 Å². The van der Waals surface area contributed by atoms with Gasteiger partial charge < -0.3 is 19.7 Å². The fourth-order valence-electron chi connectivity index (χ4n) is 6.23. The van der Waals surface area contributed by atoms with Gasteiger partial charge in [-0.25, -0.2) is 0 Å². The zero-order valence-electron chi connectivity index (χ0n) is 23.2. The lowest BCUT2D eigenvalue weighted by Crippen LogP contribution is -2.53. The van der Waals surface area contributed by atoms with Gasteiger partial charge in [-0.05, 0) is 66.8 Å². The quantitative estimate of drug-likeness (QED) is 0.489. The standard InChI is InChI=1S/C32H38ClN5O/c1-22-19-34-29(26-12-11-24-7-6-8-25(24)17-26)21-38(22)32(39)31-18-27(23(2)35(31)3)20-36-13-15-37(16-14-36)30-10-5-4-9-28(30)33/h4-6,8-12,17-18,22,29,34H,7,13-16,19-21H2,1-3H3/t22-,29?/m0/s1. The molecule has 2 aliphatic heterocycles. The van der Waals surface area contributed by atoms with Crippen molar-refractivity contribution < 1.29 is 4.79 Å². The lowest BCUT2D eigenvalue weighted by Gasteiger charge is -2.39. The van der Waals surface area contributed by atoms with Crippen LogP contribution in [0.25, 0.3) is 6.08 Å². The van der Waals surface area contributed by atoms with E-state index in [1.165, 1.54) is 22.3 Å². The molecule has 3 heterocycles. The number of piperazine rings is 2. The Hall–Kier alpha value is -3.06. The number of aromatic nitrogens is 1. The lowest BCUT2D eigenvalue weighted by molar-refractivity contribution is 0.0597. The number of carbonyl (C=O) groups excluding carboxylic acids is 1. The molecule has 7 heteroatoms. The Morgan fingerprint density at radius 1 is 1.08 bits per heavy atom. The minimum Gasteiger partial charge on any atom is -0.368 e. The van der Waals surface area contributed by atoms with Crippen LogP contribution in [0.4, 0.5) is 5.69 Å². The van der Waals surface area contributed by atoms with E-state index in [0.29, 0.717) is 6.54 Å². The molecule has 0 radical (unpaired) electrons. The predicted molar refractivity (Wildman–Crippen MR) is 160 cm³/mol. The summed E-state index contributed by atoms with van der Waals surface area (Å²) in [6, 6.07) is 17.2. The summed E-state index contributed by atoms with van der Waals surface area (Å²) in [7, 11) is 2.03. The van der Waals surface area contributed by atoms with Crippen molar-refractivity contribution in [2.75, 3.05) is 44.2 Å². The van der Waals surface area contributed by atoms with Crippen LogP contribution in [0.1, 0.15) is 51.4 Å². The molecule has 2 atom stereocenters. The average Bonchev–Trinajstić information content (AvgIpc) is 3.53. The Labute approximate surface area is 236 Å². The number of carbonyl (C=O) groups is 1. The van der Waals surface area contributed by atoms with Crippen LogP contribution in [0.5, 0.6) is 0 Å². The molecule has 6 rings (SSSR count). The summed E-state index contributed by atoms with van der Waals surface area (Å²) in [5, 5.41) is 4.48. The monoisotopic (exact) mass is 543 g/mol. The molecule has 204 valence electrons. The maximum Gasteiger partial charge on any atom is 0.270 e. The van der Waals surface area contributed by atoms with Crippen LogP contribution in [0, 0.1) is 6.92 Å². The van der Waals surface area contributed by atoms with Gasteiger partial charge >= 0.3 is 0 Å². The Morgan fingerprint density at radius 2 is 1.87 bits per heavy atom. The van der Waals surface area contributed by atoms with E-state index >= 15 is 0 Å². The fourth-order valence-corrected chi connectivity index (χ4v) is 6.48. The van der Waals surface area contributed by atoms with Crippen molar-refractivity contribution in [2.45, 2.75) is 38.9 Å². The first-order valence-electron chi connectivity index (χ1n) is 14.1. The summed E-state index contributed by atoms with van der Waals surface area (Å²) in [5.74, 6) is 0.121. The van der Waals surface area contributed by atoms with Crippen LogP contribution in [0.3, 0.4) is 0 Å². The van der Waals surface area contributed by atoms with Crippen LogP contribution in [-0.2, 0) is 20.0 Å². The number of fused-ring (bicyclic) bond motifs is 1. The first-order chi connectivity index (χ1) is 18.9. The van der Waals surface area contributed by atoms with Crippen molar-refractivity contribution in [3.8, 4) is 0 Å². The second kappa shape index (κ2) is 10.8. The summed E-state index contributed by atoms with van der Waals surface area (Å²) < 4.78 is 2.08. The van der Waals surface area contributed by atoms with Crippen molar-refractivity contribution in [1.29, 1.82) is 0 Å². The fraction of sp³-hybridized carbons (Fsp3) is 0.406. The highest BCUT2D eigenvalue weighted by Gasteiger charge is 2.32. The number of nitrogens with zero attached hydrogens (tertiary/aromatic N) is 4. The predicted octanol–water partition coefficient (Wildman–Crippen LogP) is 5.05. The van der Waals surface area contributed by atoms with E-state index in [1.807, 2.05) is 25.2 Å². The summed E-state index contributed by atoms with van der Waals surface area (Å²) in [6.07, 6.45) is 5.44. The number of para-hydroxylation sites is 1. The maximum absolute atomic E-state index is 13.9. The molecule has 3 aliphatic rings. The van der Waals surface area contributed by atoms with Gasteiger partial charge in [0.05, 0.1) is 10.7 Å². The average molecular weight is 544 g/mol. The highest BCUT2D eigenvalue weighted by Crippen LogP contribution is 2.29. The summed E-state index contributed by atoms with van der Waals surface area (Å²) >= 11 is 6.43. The molecule has 3 aromatic rings. The van der Waals surface area contributed by atoms with Gasteiger partial charge in [0.15, 0.2) is 0 Å². The third-order valence-corrected chi connectivity index (χ3v) is 9.18. The van der Waals surface area contributed by atoms with Crippen LogP contribution >= 0.6 is 11.6 Å². The summed E-state index contributed by atoms with van der Waals surface area (Å²) in [5.41, 5.74) is 8.23. The number of hydrogen-bond donors (Lipinski definition) is 1. The third-order valence-electron chi connectivity index (χ3n) is 8.86. The van der Waals surface area contributed by atoms with E-state index in [1.54, 1.807) is 0 Å². The molecular formula is C32H38ClN5O. The molecular weight excluding hydrogens is 506 g/mol. The number of nitrogens with one attached hydrogen (secondary N) is 1. The van der Waals surface area contributed by atoms with Crippen molar-refractivity contribution in [3.63, 3.8) is 0 Å². The molecule has 2 saturated heterocycles.